The number of carbonyl (C=O) groups excluding carboxylic acids is 2. The van der Waals surface area contributed by atoms with Crippen molar-refractivity contribution < 1.29 is 19.1 Å². The summed E-state index contributed by atoms with van der Waals surface area (Å²) in [6.07, 6.45) is -1.14. The maximum atomic E-state index is 12.4. The van der Waals surface area contributed by atoms with E-state index in [-0.39, 0.29) is 12.5 Å². The van der Waals surface area contributed by atoms with E-state index in [1.807, 2.05) is 18.2 Å². The van der Waals surface area contributed by atoms with Crippen LogP contribution in [0.3, 0.4) is 0 Å². The third-order valence-electron chi connectivity index (χ3n) is 3.78. The smallest absolute Gasteiger partial charge is 0.265 e. The van der Waals surface area contributed by atoms with Crippen molar-refractivity contribution in [3.05, 3.63) is 59.7 Å². The number of fused-ring (bicyclic) bond motifs is 1. The molecule has 2 aromatic carbocycles. The largest absolute Gasteiger partial charge is 0.482 e. The van der Waals surface area contributed by atoms with Crippen LogP contribution in [0.5, 0.6) is 11.5 Å². The topological polar surface area (TPSA) is 90.7 Å². The van der Waals surface area contributed by atoms with E-state index in [9.17, 15) is 9.59 Å². The van der Waals surface area contributed by atoms with Gasteiger partial charge in [0, 0.05) is 12.1 Å². The molecule has 0 spiro atoms. The number of amides is 2. The number of carbonyl (C=O) groups is 2. The lowest BCUT2D eigenvalue weighted by molar-refractivity contribution is -0.133. The molecule has 6 nitrogen and oxygen atoms in total. The van der Waals surface area contributed by atoms with Gasteiger partial charge in [0.05, 0.1) is 0 Å². The summed E-state index contributed by atoms with van der Waals surface area (Å²) >= 11 is 0. The van der Waals surface area contributed by atoms with E-state index in [2.05, 4.69) is 5.32 Å². The van der Waals surface area contributed by atoms with Crippen LogP contribution in [0.2, 0.25) is 0 Å². The van der Waals surface area contributed by atoms with Crippen LogP contribution in [-0.4, -0.2) is 24.0 Å². The van der Waals surface area contributed by atoms with Gasteiger partial charge in [0.15, 0.2) is 11.5 Å². The summed E-state index contributed by atoms with van der Waals surface area (Å²) in [5.74, 6) is 0.397. The van der Waals surface area contributed by atoms with Crippen molar-refractivity contribution in [1.82, 2.24) is 5.32 Å². The fraction of sp³-hybridized carbons (Fsp3) is 0.222. The van der Waals surface area contributed by atoms with Crippen molar-refractivity contribution in [2.75, 3.05) is 0 Å². The first-order chi connectivity index (χ1) is 11.5. The molecule has 124 valence electrons. The summed E-state index contributed by atoms with van der Waals surface area (Å²) in [6.45, 7) is 2.06. The zero-order chi connectivity index (χ0) is 17.1. The van der Waals surface area contributed by atoms with E-state index >= 15 is 0 Å². The number of para-hydroxylation sites is 2. The highest BCUT2D eigenvalue weighted by molar-refractivity contribution is 5.92. The van der Waals surface area contributed by atoms with Crippen molar-refractivity contribution >= 4 is 11.8 Å². The molecule has 0 aromatic heterocycles. The van der Waals surface area contributed by atoms with Gasteiger partial charge < -0.3 is 20.5 Å². The quantitative estimate of drug-likeness (QED) is 0.893. The first kappa shape index (κ1) is 15.9. The Balaban J connectivity index is 1.65. The Morgan fingerprint density at radius 3 is 2.50 bits per heavy atom. The van der Waals surface area contributed by atoms with Gasteiger partial charge in [-0.25, -0.2) is 0 Å². The van der Waals surface area contributed by atoms with Crippen molar-refractivity contribution in [3.63, 3.8) is 0 Å². The Kier molecular flexibility index (Phi) is 4.37. The minimum absolute atomic E-state index is 0.272. The normalized spacial score (nSPS) is 18.7. The second-order valence-corrected chi connectivity index (χ2v) is 5.59. The highest BCUT2D eigenvalue weighted by Crippen LogP contribution is 2.33. The molecule has 0 fully saturated rings. The van der Waals surface area contributed by atoms with Crippen molar-refractivity contribution in [1.29, 1.82) is 0 Å². The predicted molar refractivity (Wildman–Crippen MR) is 87.8 cm³/mol. The highest BCUT2D eigenvalue weighted by atomic mass is 16.6. The van der Waals surface area contributed by atoms with Crippen molar-refractivity contribution in [3.8, 4) is 11.5 Å². The molecule has 2 atom stereocenters. The van der Waals surface area contributed by atoms with Crippen LogP contribution in [-0.2, 0) is 11.3 Å². The number of hydrogen-bond donors (Lipinski definition) is 2. The van der Waals surface area contributed by atoms with Gasteiger partial charge in [0.1, 0.15) is 6.10 Å². The molecule has 2 aromatic rings. The van der Waals surface area contributed by atoms with Gasteiger partial charge in [-0.1, -0.05) is 24.3 Å². The van der Waals surface area contributed by atoms with Gasteiger partial charge in [0.2, 0.25) is 12.0 Å². The van der Waals surface area contributed by atoms with Gasteiger partial charge in [0.25, 0.3) is 5.91 Å². The van der Waals surface area contributed by atoms with E-state index in [1.54, 1.807) is 37.3 Å². The molecule has 3 N–H and O–H groups in total. The standard InChI is InChI=1S/C18H18N2O4/c1-11-16(24-15-8-3-2-7-14(15)23-11)18(22)20-10-12-5-4-6-13(9-12)17(19)21/h2-9,11,16H,10H2,1H3,(H2,19,21)(H,20,22)/t11-,16+/m0/s1. The first-order valence-corrected chi connectivity index (χ1v) is 7.63. The Bertz CT molecular complexity index is 775. The van der Waals surface area contributed by atoms with Gasteiger partial charge in [-0.3, -0.25) is 9.59 Å². The summed E-state index contributed by atoms with van der Waals surface area (Å²) in [5.41, 5.74) is 6.44. The molecule has 0 bridgehead atoms. The third kappa shape index (κ3) is 3.32. The van der Waals surface area contributed by atoms with Gasteiger partial charge in [-0.15, -0.1) is 0 Å². The average Bonchev–Trinajstić information content (AvgIpc) is 2.59. The summed E-state index contributed by atoms with van der Waals surface area (Å²) in [5, 5.41) is 2.80. The van der Waals surface area contributed by atoms with E-state index in [0.29, 0.717) is 17.1 Å². The average molecular weight is 326 g/mol. The maximum absolute atomic E-state index is 12.4. The van der Waals surface area contributed by atoms with Crippen LogP contribution in [0, 0.1) is 0 Å². The van der Waals surface area contributed by atoms with E-state index in [0.717, 1.165) is 5.56 Å². The lowest BCUT2D eigenvalue weighted by Gasteiger charge is -2.31. The zero-order valence-corrected chi connectivity index (χ0v) is 13.2. The SMILES string of the molecule is C[C@@H]1Oc2ccccc2O[C@H]1C(=O)NCc1cccc(C(N)=O)c1. The number of ether oxygens (including phenoxy) is 2. The van der Waals surface area contributed by atoms with Gasteiger partial charge in [-0.05, 0) is 36.8 Å². The molecule has 0 saturated carbocycles. The van der Waals surface area contributed by atoms with Gasteiger partial charge in [-0.2, -0.15) is 0 Å². The Hall–Kier alpha value is -3.02. The lowest BCUT2D eigenvalue weighted by Crippen LogP contribution is -2.48. The van der Waals surface area contributed by atoms with Crippen molar-refractivity contribution in [2.45, 2.75) is 25.7 Å². The number of hydrogen-bond acceptors (Lipinski definition) is 4. The van der Waals surface area contributed by atoms with Crippen LogP contribution in [0.4, 0.5) is 0 Å². The number of rotatable bonds is 4. The molecule has 1 aliphatic heterocycles. The number of benzene rings is 2. The molecular weight excluding hydrogens is 308 g/mol. The molecule has 1 heterocycles. The highest BCUT2D eigenvalue weighted by Gasteiger charge is 2.33. The molecule has 6 heteroatoms. The van der Waals surface area contributed by atoms with Crippen molar-refractivity contribution in [2.24, 2.45) is 5.73 Å². The van der Waals surface area contributed by atoms with Crippen LogP contribution >= 0.6 is 0 Å². The minimum atomic E-state index is -0.737. The van der Waals surface area contributed by atoms with Crippen LogP contribution in [0.25, 0.3) is 0 Å². The van der Waals surface area contributed by atoms with Crippen LogP contribution < -0.4 is 20.5 Å². The molecule has 0 saturated heterocycles. The second kappa shape index (κ2) is 6.62. The Labute approximate surface area is 139 Å². The molecule has 0 aliphatic carbocycles. The molecule has 0 radical (unpaired) electrons. The molecule has 0 unspecified atom stereocenters. The lowest BCUT2D eigenvalue weighted by atomic mass is 10.1. The van der Waals surface area contributed by atoms with E-state index in [1.165, 1.54) is 0 Å². The summed E-state index contributed by atoms with van der Waals surface area (Å²) in [4.78, 5) is 23.6. The van der Waals surface area contributed by atoms with E-state index < -0.39 is 18.1 Å². The van der Waals surface area contributed by atoms with Crippen LogP contribution in [0.1, 0.15) is 22.8 Å². The number of nitrogens with two attached hydrogens (primary N) is 1. The fourth-order valence-electron chi connectivity index (χ4n) is 2.53. The zero-order valence-electron chi connectivity index (χ0n) is 13.2. The Morgan fingerprint density at radius 2 is 1.79 bits per heavy atom. The first-order valence-electron chi connectivity index (χ1n) is 7.63. The molecule has 3 rings (SSSR count). The third-order valence-corrected chi connectivity index (χ3v) is 3.78. The summed E-state index contributed by atoms with van der Waals surface area (Å²) in [6, 6.07) is 14.0. The van der Waals surface area contributed by atoms with Gasteiger partial charge >= 0.3 is 0 Å². The maximum Gasteiger partial charge on any atom is 0.265 e. The minimum Gasteiger partial charge on any atom is -0.482 e. The summed E-state index contributed by atoms with van der Waals surface area (Å²) < 4.78 is 11.5. The second-order valence-electron chi connectivity index (χ2n) is 5.59. The molecule has 2 amide bonds. The molecular formula is C18H18N2O4. The van der Waals surface area contributed by atoms with E-state index in [4.69, 9.17) is 15.2 Å². The molecule has 1 aliphatic rings. The number of nitrogens with one attached hydrogen (secondary N) is 1. The fourth-order valence-corrected chi connectivity index (χ4v) is 2.53. The summed E-state index contributed by atoms with van der Waals surface area (Å²) in [7, 11) is 0. The monoisotopic (exact) mass is 326 g/mol. The predicted octanol–water partition coefficient (Wildman–Crippen LogP) is 1.63. The Morgan fingerprint density at radius 1 is 1.08 bits per heavy atom. The van der Waals surface area contributed by atoms with Crippen LogP contribution in [0.15, 0.2) is 48.5 Å². The molecule has 24 heavy (non-hydrogen) atoms. The number of primary amides is 1.